The Labute approximate surface area is 134 Å². The highest BCUT2D eigenvalue weighted by Gasteiger charge is 2.39. The summed E-state index contributed by atoms with van der Waals surface area (Å²) in [5.74, 6) is -2.57. The lowest BCUT2D eigenvalue weighted by atomic mass is 9.96. The number of aromatic nitrogens is 2. The van der Waals surface area contributed by atoms with Crippen LogP contribution in [0.25, 0.3) is 0 Å². The number of alkyl halides is 3. The monoisotopic (exact) mass is 343 g/mol. The lowest BCUT2D eigenvalue weighted by Gasteiger charge is -2.30. The standard InChI is InChI=1S/C15H13F4N3O2/c16-11-3-1-2-10(8-11)13(23)22-6-4-9(5-7-22)12-20-21-14(24-12)15(17,18)19/h1-3,8-9H,4-7H2. The first kappa shape index (κ1) is 16.4. The van der Waals surface area contributed by atoms with Crippen LogP contribution in [-0.4, -0.2) is 34.1 Å². The molecular weight excluding hydrogens is 330 g/mol. The van der Waals surface area contributed by atoms with E-state index in [1.165, 1.54) is 23.1 Å². The normalized spacial score (nSPS) is 16.4. The van der Waals surface area contributed by atoms with Crippen molar-refractivity contribution in [1.29, 1.82) is 0 Å². The molecule has 1 saturated heterocycles. The van der Waals surface area contributed by atoms with E-state index in [9.17, 15) is 22.4 Å². The summed E-state index contributed by atoms with van der Waals surface area (Å²) in [6, 6.07) is 5.37. The molecule has 1 fully saturated rings. The lowest BCUT2D eigenvalue weighted by Crippen LogP contribution is -2.38. The summed E-state index contributed by atoms with van der Waals surface area (Å²) in [6.45, 7) is 0.646. The molecule has 9 heteroatoms. The van der Waals surface area contributed by atoms with Gasteiger partial charge in [0.15, 0.2) is 0 Å². The Morgan fingerprint density at radius 1 is 1.21 bits per heavy atom. The topological polar surface area (TPSA) is 59.2 Å². The number of benzene rings is 1. The summed E-state index contributed by atoms with van der Waals surface area (Å²) in [5, 5.41) is 6.47. The predicted molar refractivity (Wildman–Crippen MR) is 73.6 cm³/mol. The van der Waals surface area contributed by atoms with Crippen LogP contribution in [0.1, 0.15) is 40.9 Å². The minimum Gasteiger partial charge on any atom is -0.417 e. The summed E-state index contributed by atoms with van der Waals surface area (Å²) in [4.78, 5) is 13.8. The summed E-state index contributed by atoms with van der Waals surface area (Å²) in [7, 11) is 0. The summed E-state index contributed by atoms with van der Waals surface area (Å²) >= 11 is 0. The van der Waals surface area contributed by atoms with Crippen LogP contribution in [-0.2, 0) is 6.18 Å². The van der Waals surface area contributed by atoms with Gasteiger partial charge in [-0.1, -0.05) is 6.07 Å². The number of rotatable bonds is 2. The zero-order valence-electron chi connectivity index (χ0n) is 12.4. The molecule has 1 aromatic carbocycles. The molecule has 0 saturated carbocycles. The molecule has 0 unspecified atom stereocenters. The summed E-state index contributed by atoms with van der Waals surface area (Å²) in [6.07, 6.45) is -3.86. The SMILES string of the molecule is O=C(c1cccc(F)c1)N1CCC(c2nnc(C(F)(F)F)o2)CC1. The third-order valence-corrected chi connectivity index (χ3v) is 3.89. The van der Waals surface area contributed by atoms with Crippen LogP contribution < -0.4 is 0 Å². The summed E-state index contributed by atoms with van der Waals surface area (Å²) in [5.41, 5.74) is 0.241. The zero-order valence-corrected chi connectivity index (χ0v) is 12.4. The molecular formula is C15H13F4N3O2. The van der Waals surface area contributed by atoms with Crippen LogP contribution in [0.3, 0.4) is 0 Å². The molecule has 1 amide bonds. The van der Waals surface area contributed by atoms with Gasteiger partial charge in [-0.05, 0) is 31.0 Å². The van der Waals surface area contributed by atoms with E-state index in [0.29, 0.717) is 25.9 Å². The van der Waals surface area contributed by atoms with Crippen LogP contribution in [0.2, 0.25) is 0 Å². The van der Waals surface area contributed by atoms with E-state index in [-0.39, 0.29) is 23.3 Å². The van der Waals surface area contributed by atoms with Crippen LogP contribution >= 0.6 is 0 Å². The number of hydrogen-bond acceptors (Lipinski definition) is 4. The van der Waals surface area contributed by atoms with Gasteiger partial charge >= 0.3 is 12.1 Å². The van der Waals surface area contributed by atoms with E-state index in [2.05, 4.69) is 14.6 Å². The van der Waals surface area contributed by atoms with E-state index in [1.54, 1.807) is 0 Å². The van der Waals surface area contributed by atoms with E-state index >= 15 is 0 Å². The Morgan fingerprint density at radius 2 is 1.92 bits per heavy atom. The first-order valence-electron chi connectivity index (χ1n) is 7.30. The van der Waals surface area contributed by atoms with Crippen molar-refractivity contribution in [2.24, 2.45) is 0 Å². The summed E-state index contributed by atoms with van der Waals surface area (Å²) < 4.78 is 55.3. The number of carbonyl (C=O) groups excluding carboxylic acids is 1. The van der Waals surface area contributed by atoms with E-state index in [4.69, 9.17) is 0 Å². The molecule has 1 aromatic heterocycles. The van der Waals surface area contributed by atoms with Gasteiger partial charge in [0.1, 0.15) is 5.82 Å². The van der Waals surface area contributed by atoms with Gasteiger partial charge in [-0.3, -0.25) is 4.79 Å². The third-order valence-electron chi connectivity index (χ3n) is 3.89. The highest BCUT2D eigenvalue weighted by atomic mass is 19.4. The molecule has 2 heterocycles. The van der Waals surface area contributed by atoms with Gasteiger partial charge in [0.25, 0.3) is 5.91 Å². The van der Waals surface area contributed by atoms with Crippen LogP contribution in [0.15, 0.2) is 28.7 Å². The van der Waals surface area contributed by atoms with Crippen LogP contribution in [0.4, 0.5) is 17.6 Å². The molecule has 0 bridgehead atoms. The number of likely N-dealkylation sites (tertiary alicyclic amines) is 1. The van der Waals surface area contributed by atoms with Crippen LogP contribution in [0.5, 0.6) is 0 Å². The highest BCUT2D eigenvalue weighted by molar-refractivity contribution is 5.94. The third kappa shape index (κ3) is 3.39. The second-order valence-corrected chi connectivity index (χ2v) is 5.52. The Morgan fingerprint density at radius 3 is 2.50 bits per heavy atom. The Balaban J connectivity index is 1.63. The largest absolute Gasteiger partial charge is 0.470 e. The first-order chi connectivity index (χ1) is 11.3. The molecule has 0 atom stereocenters. The van der Waals surface area contributed by atoms with E-state index in [1.807, 2.05) is 0 Å². The van der Waals surface area contributed by atoms with Crippen molar-refractivity contribution in [3.05, 3.63) is 47.4 Å². The second-order valence-electron chi connectivity index (χ2n) is 5.52. The van der Waals surface area contributed by atoms with Crippen molar-refractivity contribution in [2.75, 3.05) is 13.1 Å². The zero-order chi connectivity index (χ0) is 17.3. The maximum Gasteiger partial charge on any atom is 0.470 e. The van der Waals surface area contributed by atoms with E-state index < -0.39 is 17.9 Å². The van der Waals surface area contributed by atoms with Crippen molar-refractivity contribution >= 4 is 5.91 Å². The lowest BCUT2D eigenvalue weighted by molar-refractivity contribution is -0.157. The Kier molecular flexibility index (Phi) is 4.25. The quantitative estimate of drug-likeness (QED) is 0.786. The predicted octanol–water partition coefficient (Wildman–Crippen LogP) is 3.25. The van der Waals surface area contributed by atoms with Crippen molar-refractivity contribution in [2.45, 2.75) is 24.9 Å². The first-order valence-corrected chi connectivity index (χ1v) is 7.30. The van der Waals surface area contributed by atoms with Gasteiger partial charge in [0.05, 0.1) is 0 Å². The number of piperidine rings is 1. The number of hydrogen-bond donors (Lipinski definition) is 0. The molecule has 3 rings (SSSR count). The number of halogens is 4. The van der Waals surface area contributed by atoms with Gasteiger partial charge in [-0.15, -0.1) is 10.2 Å². The minimum absolute atomic E-state index is 0.0693. The maximum atomic E-state index is 13.2. The fraction of sp³-hybridized carbons (Fsp3) is 0.400. The molecule has 0 aliphatic carbocycles. The second kappa shape index (κ2) is 6.21. The van der Waals surface area contributed by atoms with Crippen molar-refractivity contribution in [3.63, 3.8) is 0 Å². The van der Waals surface area contributed by atoms with Gasteiger partial charge in [-0.2, -0.15) is 13.2 Å². The van der Waals surface area contributed by atoms with Crippen molar-refractivity contribution < 1.29 is 26.8 Å². The van der Waals surface area contributed by atoms with Gasteiger partial charge in [0.2, 0.25) is 5.89 Å². The number of nitrogens with zero attached hydrogens (tertiary/aromatic N) is 3. The van der Waals surface area contributed by atoms with Gasteiger partial charge in [0, 0.05) is 24.6 Å². The van der Waals surface area contributed by atoms with Crippen LogP contribution in [0, 0.1) is 5.82 Å². The maximum absolute atomic E-state index is 13.2. The molecule has 0 spiro atoms. The van der Waals surface area contributed by atoms with Gasteiger partial charge in [-0.25, -0.2) is 4.39 Å². The average molecular weight is 343 g/mol. The fourth-order valence-corrected chi connectivity index (χ4v) is 2.65. The number of carbonyl (C=O) groups is 1. The molecule has 1 aliphatic rings. The Hall–Kier alpha value is -2.45. The van der Waals surface area contributed by atoms with Crippen molar-refractivity contribution in [3.8, 4) is 0 Å². The minimum atomic E-state index is -4.67. The number of amides is 1. The Bertz CT molecular complexity index is 736. The van der Waals surface area contributed by atoms with Crippen molar-refractivity contribution in [1.82, 2.24) is 15.1 Å². The molecule has 128 valence electrons. The fourth-order valence-electron chi connectivity index (χ4n) is 2.65. The van der Waals surface area contributed by atoms with Gasteiger partial charge < -0.3 is 9.32 Å². The molecule has 2 aromatic rings. The molecule has 0 radical (unpaired) electrons. The molecule has 1 aliphatic heterocycles. The molecule has 5 nitrogen and oxygen atoms in total. The van der Waals surface area contributed by atoms with E-state index in [0.717, 1.165) is 6.07 Å². The average Bonchev–Trinajstić information content (AvgIpc) is 3.04. The molecule has 24 heavy (non-hydrogen) atoms. The highest BCUT2D eigenvalue weighted by Crippen LogP contribution is 2.32. The smallest absolute Gasteiger partial charge is 0.417 e. The molecule has 0 N–H and O–H groups in total.